The maximum absolute atomic E-state index is 13.9. The Bertz CT molecular complexity index is 754. The minimum Gasteiger partial charge on any atom is -0.484 e. The van der Waals surface area contributed by atoms with Crippen LogP contribution in [0.4, 0.5) is 4.39 Å². The number of fused-ring (bicyclic) bond motifs is 1. The van der Waals surface area contributed by atoms with E-state index >= 15 is 0 Å². The SMILES string of the molecule is CNCC[C@@H](Oc1cccc2cnccc12)c1sccc1F. The summed E-state index contributed by atoms with van der Waals surface area (Å²) in [6, 6.07) is 9.25. The molecule has 0 aliphatic carbocycles. The predicted molar refractivity (Wildman–Crippen MR) is 87.9 cm³/mol. The number of aromatic nitrogens is 1. The Morgan fingerprint density at radius 3 is 3.00 bits per heavy atom. The van der Waals surface area contributed by atoms with Gasteiger partial charge in [0.15, 0.2) is 0 Å². The minimum atomic E-state index is -0.300. The maximum atomic E-state index is 13.9. The van der Waals surface area contributed by atoms with Gasteiger partial charge in [0.2, 0.25) is 0 Å². The minimum absolute atomic E-state index is 0.201. The summed E-state index contributed by atoms with van der Waals surface area (Å²) >= 11 is 1.39. The third-order valence-electron chi connectivity index (χ3n) is 3.50. The lowest BCUT2D eigenvalue weighted by atomic mass is 10.1. The first-order chi connectivity index (χ1) is 10.8. The van der Waals surface area contributed by atoms with E-state index in [1.165, 1.54) is 17.4 Å². The molecule has 3 aromatic rings. The zero-order chi connectivity index (χ0) is 15.4. The molecule has 2 heterocycles. The number of hydrogen-bond acceptors (Lipinski definition) is 4. The molecule has 0 bridgehead atoms. The van der Waals surface area contributed by atoms with E-state index in [9.17, 15) is 4.39 Å². The Labute approximate surface area is 132 Å². The molecule has 0 spiro atoms. The molecule has 0 amide bonds. The highest BCUT2D eigenvalue weighted by Crippen LogP contribution is 2.33. The molecular formula is C17H17FN2OS. The molecular weight excluding hydrogens is 299 g/mol. The van der Waals surface area contributed by atoms with Crippen molar-refractivity contribution in [1.29, 1.82) is 0 Å². The Kier molecular flexibility index (Phi) is 4.65. The molecule has 0 aliphatic rings. The van der Waals surface area contributed by atoms with Crippen LogP contribution in [0.5, 0.6) is 5.75 Å². The van der Waals surface area contributed by atoms with Crippen molar-refractivity contribution < 1.29 is 9.13 Å². The molecule has 1 aromatic carbocycles. The predicted octanol–water partition coefficient (Wildman–Crippen LogP) is 4.17. The van der Waals surface area contributed by atoms with Crippen molar-refractivity contribution in [1.82, 2.24) is 10.3 Å². The van der Waals surface area contributed by atoms with Crippen LogP contribution in [0.2, 0.25) is 0 Å². The van der Waals surface area contributed by atoms with Gasteiger partial charge in [0.1, 0.15) is 17.7 Å². The topological polar surface area (TPSA) is 34.1 Å². The van der Waals surface area contributed by atoms with Crippen molar-refractivity contribution in [3.63, 3.8) is 0 Å². The normalized spacial score (nSPS) is 12.5. The Morgan fingerprint density at radius 2 is 2.23 bits per heavy atom. The highest BCUT2D eigenvalue weighted by Gasteiger charge is 2.19. The summed E-state index contributed by atoms with van der Waals surface area (Å²) in [7, 11) is 1.88. The number of rotatable bonds is 6. The summed E-state index contributed by atoms with van der Waals surface area (Å²) in [4.78, 5) is 4.76. The summed E-state index contributed by atoms with van der Waals surface area (Å²) in [6.45, 7) is 0.758. The van der Waals surface area contributed by atoms with Crippen molar-refractivity contribution in [2.75, 3.05) is 13.6 Å². The van der Waals surface area contributed by atoms with Crippen LogP contribution in [-0.4, -0.2) is 18.6 Å². The van der Waals surface area contributed by atoms with E-state index < -0.39 is 0 Å². The number of benzene rings is 1. The quantitative estimate of drug-likeness (QED) is 0.741. The second-order valence-corrected chi connectivity index (χ2v) is 5.93. The zero-order valence-electron chi connectivity index (χ0n) is 12.3. The third kappa shape index (κ3) is 3.10. The summed E-state index contributed by atoms with van der Waals surface area (Å²) < 4.78 is 20.1. The lowest BCUT2D eigenvalue weighted by Crippen LogP contribution is -2.16. The van der Waals surface area contributed by atoms with Gasteiger partial charge in [-0.2, -0.15) is 0 Å². The van der Waals surface area contributed by atoms with Crippen molar-refractivity contribution >= 4 is 22.1 Å². The summed E-state index contributed by atoms with van der Waals surface area (Å²) in [6.07, 6.45) is 3.95. The lowest BCUT2D eigenvalue weighted by Gasteiger charge is -2.19. The van der Waals surface area contributed by atoms with E-state index in [1.54, 1.807) is 17.8 Å². The van der Waals surface area contributed by atoms with Crippen LogP contribution in [0, 0.1) is 5.82 Å². The van der Waals surface area contributed by atoms with E-state index in [0.717, 1.165) is 23.1 Å². The van der Waals surface area contributed by atoms with E-state index in [1.807, 2.05) is 31.3 Å². The first kappa shape index (κ1) is 14.9. The molecule has 3 rings (SSSR count). The monoisotopic (exact) mass is 316 g/mol. The van der Waals surface area contributed by atoms with Gasteiger partial charge in [-0.1, -0.05) is 12.1 Å². The van der Waals surface area contributed by atoms with Crippen LogP contribution in [0.25, 0.3) is 10.8 Å². The van der Waals surface area contributed by atoms with E-state index in [-0.39, 0.29) is 11.9 Å². The average Bonchev–Trinajstić information content (AvgIpc) is 2.97. The summed E-state index contributed by atoms with van der Waals surface area (Å²) in [5, 5.41) is 6.85. The maximum Gasteiger partial charge on any atom is 0.140 e. The fourth-order valence-corrected chi connectivity index (χ4v) is 3.24. The summed E-state index contributed by atoms with van der Waals surface area (Å²) in [5.41, 5.74) is 0. The second kappa shape index (κ2) is 6.85. The number of hydrogen-bond donors (Lipinski definition) is 1. The highest BCUT2D eigenvalue weighted by atomic mass is 32.1. The molecule has 0 saturated carbocycles. The van der Waals surface area contributed by atoms with Crippen LogP contribution < -0.4 is 10.1 Å². The second-order valence-electron chi connectivity index (χ2n) is 4.98. The van der Waals surface area contributed by atoms with Crippen molar-refractivity contribution in [3.8, 4) is 5.75 Å². The van der Waals surface area contributed by atoms with Gasteiger partial charge in [-0.3, -0.25) is 4.98 Å². The lowest BCUT2D eigenvalue weighted by molar-refractivity contribution is 0.197. The molecule has 3 nitrogen and oxygen atoms in total. The first-order valence-electron chi connectivity index (χ1n) is 7.16. The van der Waals surface area contributed by atoms with Gasteiger partial charge in [0.05, 0.1) is 4.88 Å². The van der Waals surface area contributed by atoms with Crippen molar-refractivity contribution in [2.24, 2.45) is 0 Å². The van der Waals surface area contributed by atoms with Gasteiger partial charge in [-0.15, -0.1) is 11.3 Å². The Hall–Kier alpha value is -1.98. The van der Waals surface area contributed by atoms with Crippen molar-refractivity contribution in [2.45, 2.75) is 12.5 Å². The van der Waals surface area contributed by atoms with E-state index in [4.69, 9.17) is 4.74 Å². The van der Waals surface area contributed by atoms with Crippen LogP contribution >= 0.6 is 11.3 Å². The molecule has 0 radical (unpaired) electrons. The van der Waals surface area contributed by atoms with Gasteiger partial charge < -0.3 is 10.1 Å². The number of thiophene rings is 1. The molecule has 0 aliphatic heterocycles. The molecule has 22 heavy (non-hydrogen) atoms. The van der Waals surface area contributed by atoms with Crippen LogP contribution in [0.15, 0.2) is 48.1 Å². The Balaban J connectivity index is 1.93. The van der Waals surface area contributed by atoms with Crippen LogP contribution in [0.1, 0.15) is 17.4 Å². The largest absolute Gasteiger partial charge is 0.484 e. The molecule has 2 aromatic heterocycles. The fraction of sp³-hybridized carbons (Fsp3) is 0.235. The smallest absolute Gasteiger partial charge is 0.140 e. The van der Waals surface area contributed by atoms with E-state index in [0.29, 0.717) is 11.3 Å². The molecule has 0 fully saturated rings. The number of pyridine rings is 1. The third-order valence-corrected chi connectivity index (χ3v) is 4.49. The van der Waals surface area contributed by atoms with Gasteiger partial charge in [-0.05, 0) is 37.2 Å². The molecule has 1 atom stereocenters. The molecule has 5 heteroatoms. The Morgan fingerprint density at radius 1 is 1.32 bits per heavy atom. The van der Waals surface area contributed by atoms with Gasteiger partial charge in [0.25, 0.3) is 0 Å². The van der Waals surface area contributed by atoms with Gasteiger partial charge in [-0.25, -0.2) is 4.39 Å². The number of ether oxygens (including phenoxy) is 1. The molecule has 1 N–H and O–H groups in total. The number of halogens is 1. The van der Waals surface area contributed by atoms with E-state index in [2.05, 4.69) is 10.3 Å². The first-order valence-corrected chi connectivity index (χ1v) is 8.04. The molecule has 114 valence electrons. The average molecular weight is 316 g/mol. The fourth-order valence-electron chi connectivity index (χ4n) is 2.40. The standard InChI is InChI=1S/C17H17FN2OS/c1-19-8-6-16(17-14(18)7-10-22-17)21-15-4-2-3-12-11-20-9-5-13(12)15/h2-5,7,9-11,16,19H,6,8H2,1H3/t16-/m1/s1. The number of nitrogens with one attached hydrogen (secondary N) is 1. The van der Waals surface area contributed by atoms with Crippen molar-refractivity contribution in [3.05, 3.63) is 58.8 Å². The van der Waals surface area contributed by atoms with Gasteiger partial charge in [0, 0.05) is 29.6 Å². The van der Waals surface area contributed by atoms with Crippen LogP contribution in [0.3, 0.4) is 0 Å². The zero-order valence-corrected chi connectivity index (χ0v) is 13.1. The highest BCUT2D eigenvalue weighted by molar-refractivity contribution is 7.10. The number of nitrogens with zero attached hydrogens (tertiary/aromatic N) is 1. The molecule has 0 unspecified atom stereocenters. The molecule has 0 saturated heterocycles. The van der Waals surface area contributed by atoms with Crippen LogP contribution in [-0.2, 0) is 0 Å². The summed E-state index contributed by atoms with van der Waals surface area (Å²) in [5.74, 6) is 0.557. The van der Waals surface area contributed by atoms with Gasteiger partial charge >= 0.3 is 0 Å².